The fourth-order valence-electron chi connectivity index (χ4n) is 6.72. The van der Waals surface area contributed by atoms with E-state index in [-0.39, 0.29) is 11.9 Å². The summed E-state index contributed by atoms with van der Waals surface area (Å²) in [7, 11) is 0. The molecule has 3 aromatic carbocycles. The lowest BCUT2D eigenvalue weighted by Gasteiger charge is -2.43. The minimum atomic E-state index is -0.359. The van der Waals surface area contributed by atoms with Gasteiger partial charge in [-0.15, -0.1) is 0 Å². The zero-order valence-electron chi connectivity index (χ0n) is 19.9. The number of esters is 1. The predicted octanol–water partition coefficient (Wildman–Crippen LogP) is 6.41. The summed E-state index contributed by atoms with van der Waals surface area (Å²) in [5.74, 6) is 2.00. The fraction of sp³-hybridized carbons (Fsp3) is 0.333. The Morgan fingerprint density at radius 1 is 0.943 bits per heavy atom. The van der Waals surface area contributed by atoms with Crippen LogP contribution in [0, 0.1) is 17.8 Å². The molecule has 0 unspecified atom stereocenters. The molecule has 178 valence electrons. The molecule has 5 nitrogen and oxygen atoms in total. The molecule has 2 N–H and O–H groups in total. The Hall–Kier alpha value is -3.60. The number of nitrogens with one attached hydrogen (secondary N) is 2. The summed E-state index contributed by atoms with van der Waals surface area (Å²) in [5, 5.41) is 6.82. The van der Waals surface area contributed by atoms with Crippen molar-refractivity contribution in [1.29, 1.82) is 0 Å². The molecule has 1 amide bonds. The molecule has 0 radical (unpaired) electrons. The molecular formula is C30H30N2O3. The van der Waals surface area contributed by atoms with E-state index in [2.05, 4.69) is 53.1 Å². The minimum absolute atomic E-state index is 0.137. The van der Waals surface area contributed by atoms with Crippen LogP contribution < -0.4 is 10.6 Å². The highest BCUT2D eigenvalue weighted by Gasteiger charge is 2.53. The number of hydrogen-bond acceptors (Lipinski definition) is 4. The van der Waals surface area contributed by atoms with Gasteiger partial charge in [-0.2, -0.15) is 0 Å². The summed E-state index contributed by atoms with van der Waals surface area (Å²) in [4.78, 5) is 25.0. The highest BCUT2D eigenvalue weighted by molar-refractivity contribution is 6.05. The zero-order valence-corrected chi connectivity index (χ0v) is 19.9. The number of carbonyl (C=O) groups is 2. The molecule has 1 aliphatic heterocycles. The summed E-state index contributed by atoms with van der Waals surface area (Å²) in [6, 6.07) is 24.0. The molecule has 5 atom stereocenters. The molecule has 0 saturated heterocycles. The lowest BCUT2D eigenvalue weighted by Crippen LogP contribution is -2.35. The van der Waals surface area contributed by atoms with Gasteiger partial charge in [0, 0.05) is 16.9 Å². The topological polar surface area (TPSA) is 67.4 Å². The van der Waals surface area contributed by atoms with E-state index in [0.717, 1.165) is 11.6 Å². The van der Waals surface area contributed by atoms with Gasteiger partial charge in [0.15, 0.2) is 0 Å². The molecule has 2 aliphatic carbocycles. The number of anilines is 2. The predicted molar refractivity (Wildman–Crippen MR) is 137 cm³/mol. The van der Waals surface area contributed by atoms with Gasteiger partial charge in [0.2, 0.25) is 0 Å². The van der Waals surface area contributed by atoms with Crippen molar-refractivity contribution in [2.75, 3.05) is 17.2 Å². The number of rotatable bonds is 5. The second kappa shape index (κ2) is 8.88. The van der Waals surface area contributed by atoms with Gasteiger partial charge in [-0.25, -0.2) is 4.79 Å². The largest absolute Gasteiger partial charge is 0.462 e. The van der Waals surface area contributed by atoms with Crippen molar-refractivity contribution in [3.05, 3.63) is 95.1 Å². The number of amides is 1. The number of fused-ring (bicyclic) bond motifs is 7. The summed E-state index contributed by atoms with van der Waals surface area (Å²) in [6.07, 6.45) is 3.90. The highest BCUT2D eigenvalue weighted by atomic mass is 16.5. The van der Waals surface area contributed by atoms with Crippen LogP contribution in [0.5, 0.6) is 0 Å². The summed E-state index contributed by atoms with van der Waals surface area (Å²) < 4.78 is 5.03. The van der Waals surface area contributed by atoms with Crippen LogP contribution in [0.25, 0.3) is 0 Å². The maximum absolute atomic E-state index is 13.1. The second-order valence-electron chi connectivity index (χ2n) is 10.0. The van der Waals surface area contributed by atoms with Gasteiger partial charge in [0.1, 0.15) is 0 Å². The van der Waals surface area contributed by atoms with Gasteiger partial charge in [0.25, 0.3) is 5.91 Å². The smallest absolute Gasteiger partial charge is 0.338 e. The third kappa shape index (κ3) is 3.89. The first kappa shape index (κ1) is 21.9. The Bertz CT molecular complexity index is 1250. The summed E-state index contributed by atoms with van der Waals surface area (Å²) >= 11 is 0. The summed E-state index contributed by atoms with van der Waals surface area (Å²) in [5.41, 5.74) is 5.59. The SMILES string of the molecule is CCOC(=O)c1ccc(NC(=O)c2ccc3c(c2)[C@@H]2[C@H]4CC[C@@H](C4)[C@H]2[C@H](c2ccccc2)N3)cc1. The van der Waals surface area contributed by atoms with Crippen LogP contribution in [-0.4, -0.2) is 18.5 Å². The van der Waals surface area contributed by atoms with E-state index in [1.54, 1.807) is 31.2 Å². The first-order valence-corrected chi connectivity index (χ1v) is 12.7. The Balaban J connectivity index is 1.26. The van der Waals surface area contributed by atoms with E-state index in [9.17, 15) is 9.59 Å². The maximum atomic E-state index is 13.1. The zero-order chi connectivity index (χ0) is 23.9. The fourth-order valence-corrected chi connectivity index (χ4v) is 6.72. The van der Waals surface area contributed by atoms with Crippen LogP contribution in [0.3, 0.4) is 0 Å². The van der Waals surface area contributed by atoms with E-state index < -0.39 is 0 Å². The molecule has 5 heteroatoms. The highest BCUT2D eigenvalue weighted by Crippen LogP contribution is 2.63. The molecule has 6 rings (SSSR count). The average molecular weight is 467 g/mol. The van der Waals surface area contributed by atoms with Gasteiger partial charge in [-0.3, -0.25) is 4.79 Å². The van der Waals surface area contributed by atoms with Crippen molar-refractivity contribution >= 4 is 23.3 Å². The number of hydrogen-bond donors (Lipinski definition) is 2. The molecule has 1 heterocycles. The van der Waals surface area contributed by atoms with Crippen LogP contribution in [0.2, 0.25) is 0 Å². The third-order valence-corrected chi connectivity index (χ3v) is 8.16. The molecule has 3 aromatic rings. The first-order chi connectivity index (χ1) is 17.1. The molecular weight excluding hydrogens is 436 g/mol. The quantitative estimate of drug-likeness (QED) is 0.426. The van der Waals surface area contributed by atoms with Crippen LogP contribution in [0.15, 0.2) is 72.8 Å². The van der Waals surface area contributed by atoms with Crippen molar-refractivity contribution in [1.82, 2.24) is 0 Å². The minimum Gasteiger partial charge on any atom is -0.462 e. The van der Waals surface area contributed by atoms with Crippen LogP contribution in [-0.2, 0) is 4.74 Å². The molecule has 2 fully saturated rings. The van der Waals surface area contributed by atoms with Gasteiger partial charge in [-0.05, 0) is 103 Å². The summed E-state index contributed by atoms with van der Waals surface area (Å²) in [6.45, 7) is 2.11. The number of benzene rings is 3. The first-order valence-electron chi connectivity index (χ1n) is 12.7. The van der Waals surface area contributed by atoms with Crippen LogP contribution >= 0.6 is 0 Å². The van der Waals surface area contributed by atoms with E-state index in [0.29, 0.717) is 47.2 Å². The normalized spacial score (nSPS) is 25.8. The molecule has 3 aliphatic rings. The molecule has 2 bridgehead atoms. The number of carbonyl (C=O) groups excluding carboxylic acids is 2. The molecule has 0 spiro atoms. The van der Waals surface area contributed by atoms with Gasteiger partial charge in [0.05, 0.1) is 18.2 Å². The Labute approximate surface area is 205 Å². The van der Waals surface area contributed by atoms with Crippen LogP contribution in [0.4, 0.5) is 11.4 Å². The molecule has 0 aromatic heterocycles. The lowest BCUT2D eigenvalue weighted by atomic mass is 9.68. The monoisotopic (exact) mass is 466 g/mol. The van der Waals surface area contributed by atoms with E-state index >= 15 is 0 Å². The van der Waals surface area contributed by atoms with Gasteiger partial charge < -0.3 is 15.4 Å². The van der Waals surface area contributed by atoms with Gasteiger partial charge >= 0.3 is 5.97 Å². The number of ether oxygens (including phenoxy) is 1. The Kier molecular flexibility index (Phi) is 5.56. The standard InChI is InChI=1S/C30H30N2O3/c1-2-35-30(34)19-10-13-23(14-11-19)31-29(33)22-12-15-25-24(17-22)26-20-8-9-21(16-20)27(26)28(32-25)18-6-4-3-5-7-18/h3-7,10-15,17,20-21,26-28,32H,2,8-9,16H2,1H3,(H,31,33)/t20-,21-,26-,27+,28-/m0/s1. The average Bonchev–Trinajstić information content (AvgIpc) is 3.52. The van der Waals surface area contributed by atoms with Crippen molar-refractivity contribution in [3.63, 3.8) is 0 Å². The molecule has 35 heavy (non-hydrogen) atoms. The van der Waals surface area contributed by atoms with E-state index in [4.69, 9.17) is 4.74 Å². The lowest BCUT2D eigenvalue weighted by molar-refractivity contribution is 0.0526. The molecule has 2 saturated carbocycles. The third-order valence-electron chi connectivity index (χ3n) is 8.16. The van der Waals surface area contributed by atoms with Crippen molar-refractivity contribution < 1.29 is 14.3 Å². The van der Waals surface area contributed by atoms with Gasteiger partial charge in [-0.1, -0.05) is 30.3 Å². The maximum Gasteiger partial charge on any atom is 0.338 e. The second-order valence-corrected chi connectivity index (χ2v) is 10.0. The van der Waals surface area contributed by atoms with Crippen LogP contribution in [0.1, 0.15) is 70.0 Å². The van der Waals surface area contributed by atoms with Crippen molar-refractivity contribution in [2.24, 2.45) is 17.8 Å². The van der Waals surface area contributed by atoms with Crippen molar-refractivity contribution in [2.45, 2.75) is 38.1 Å². The van der Waals surface area contributed by atoms with Crippen molar-refractivity contribution in [3.8, 4) is 0 Å². The van der Waals surface area contributed by atoms with E-state index in [1.807, 2.05) is 6.07 Å². The Morgan fingerprint density at radius 2 is 1.69 bits per heavy atom. The Morgan fingerprint density at radius 3 is 2.46 bits per heavy atom. The van der Waals surface area contributed by atoms with E-state index in [1.165, 1.54) is 30.4 Å².